The van der Waals surface area contributed by atoms with Gasteiger partial charge in [-0.2, -0.15) is 17.6 Å². The summed E-state index contributed by atoms with van der Waals surface area (Å²) in [5.74, 6) is -1.28. The molecular weight excluding hydrogens is 612 g/mol. The van der Waals surface area contributed by atoms with Crippen molar-refractivity contribution in [2.45, 2.75) is 64.3 Å². The fourth-order valence-corrected chi connectivity index (χ4v) is 3.94. The zero-order valence-corrected chi connectivity index (χ0v) is 23.5. The maximum atomic E-state index is 14.0. The standard InChI is InChI=1S/C29H28F8O7/c1-4-6-7-8-19-9-12-22(18(3)13-19)24-14-20-10-11-21(15-23(20)41-24)39-16-26(30,31)42-28(34,35)44-29(36,37)43-27(32,33)17-40-25(38)5-2/h5,9-15H,2,4,6-8,16-17H2,1,3H3. The number of fused-ring (bicyclic) bond motifs is 1. The number of hydrogen-bond acceptors (Lipinski definition) is 7. The Bertz CT molecular complexity index is 1440. The molecule has 0 aliphatic rings. The molecule has 0 aliphatic carbocycles. The number of rotatable bonds is 17. The number of unbranched alkanes of at least 4 members (excludes halogenated alkanes) is 2. The predicted octanol–water partition coefficient (Wildman–Crippen LogP) is 8.58. The van der Waals surface area contributed by atoms with Gasteiger partial charge in [0, 0.05) is 23.1 Å². The molecule has 0 saturated heterocycles. The zero-order valence-electron chi connectivity index (χ0n) is 23.5. The van der Waals surface area contributed by atoms with E-state index in [4.69, 9.17) is 9.15 Å². The number of ether oxygens (including phenoxy) is 5. The van der Waals surface area contributed by atoms with E-state index in [1.54, 1.807) is 6.07 Å². The summed E-state index contributed by atoms with van der Waals surface area (Å²) in [5, 5.41) is 0.569. The molecule has 3 aromatic rings. The fraction of sp³-hybridized carbons (Fsp3) is 0.414. The lowest BCUT2D eigenvalue weighted by Crippen LogP contribution is -2.46. The van der Waals surface area contributed by atoms with E-state index in [0.717, 1.165) is 36.8 Å². The zero-order chi connectivity index (χ0) is 32.8. The predicted molar refractivity (Wildman–Crippen MR) is 139 cm³/mol. The molecule has 44 heavy (non-hydrogen) atoms. The number of carbonyl (C=O) groups is 1. The van der Waals surface area contributed by atoms with Gasteiger partial charge in [0.15, 0.2) is 13.2 Å². The minimum absolute atomic E-state index is 0.207. The third-order valence-electron chi connectivity index (χ3n) is 5.85. The van der Waals surface area contributed by atoms with Crippen LogP contribution in [0.15, 0.2) is 59.5 Å². The Balaban J connectivity index is 1.61. The Morgan fingerprint density at radius 1 is 0.864 bits per heavy atom. The summed E-state index contributed by atoms with van der Waals surface area (Å²) < 4.78 is 132. The molecule has 0 aliphatic heterocycles. The second kappa shape index (κ2) is 13.9. The molecule has 2 aromatic carbocycles. The average Bonchev–Trinajstić information content (AvgIpc) is 3.32. The van der Waals surface area contributed by atoms with Crippen molar-refractivity contribution in [2.24, 2.45) is 0 Å². The number of aryl methyl sites for hydroxylation is 2. The number of furan rings is 1. The largest absolute Gasteiger partial charge is 0.496 e. The Morgan fingerprint density at radius 3 is 2.14 bits per heavy atom. The summed E-state index contributed by atoms with van der Waals surface area (Å²) in [6.45, 7) is 2.81. The van der Waals surface area contributed by atoms with Gasteiger partial charge in [0.2, 0.25) is 0 Å². The molecule has 0 saturated carbocycles. The van der Waals surface area contributed by atoms with Crippen LogP contribution in [-0.2, 0) is 30.2 Å². The van der Waals surface area contributed by atoms with Gasteiger partial charge >= 0.3 is 30.8 Å². The van der Waals surface area contributed by atoms with Crippen molar-refractivity contribution in [3.05, 3.63) is 66.2 Å². The number of halogens is 8. The molecule has 0 amide bonds. The van der Waals surface area contributed by atoms with Crippen LogP contribution in [0, 0.1) is 6.92 Å². The van der Waals surface area contributed by atoms with Crippen LogP contribution in [0.25, 0.3) is 22.3 Å². The summed E-state index contributed by atoms with van der Waals surface area (Å²) in [5.41, 5.74) is 3.12. The highest BCUT2D eigenvalue weighted by Crippen LogP contribution is 2.38. The lowest BCUT2D eigenvalue weighted by Gasteiger charge is -2.27. The van der Waals surface area contributed by atoms with E-state index in [1.807, 2.05) is 25.1 Å². The van der Waals surface area contributed by atoms with Crippen molar-refractivity contribution < 1.29 is 68.0 Å². The second-order valence-corrected chi connectivity index (χ2v) is 9.52. The van der Waals surface area contributed by atoms with Crippen molar-refractivity contribution in [3.63, 3.8) is 0 Å². The van der Waals surface area contributed by atoms with Gasteiger partial charge < -0.3 is 13.9 Å². The van der Waals surface area contributed by atoms with Gasteiger partial charge in [-0.15, -0.1) is 17.6 Å². The molecule has 0 fully saturated rings. The lowest BCUT2D eigenvalue weighted by atomic mass is 10.00. The molecule has 0 radical (unpaired) electrons. The van der Waals surface area contributed by atoms with Gasteiger partial charge in [-0.1, -0.05) is 44.5 Å². The third-order valence-corrected chi connectivity index (χ3v) is 5.85. The molecule has 1 aromatic heterocycles. The van der Waals surface area contributed by atoms with Gasteiger partial charge in [0.05, 0.1) is 0 Å². The van der Waals surface area contributed by atoms with Crippen molar-refractivity contribution in [1.82, 2.24) is 0 Å². The van der Waals surface area contributed by atoms with Crippen LogP contribution in [0.5, 0.6) is 5.75 Å². The first-order chi connectivity index (χ1) is 20.4. The quantitative estimate of drug-likeness (QED) is 0.0481. The van der Waals surface area contributed by atoms with Gasteiger partial charge in [0.1, 0.15) is 17.1 Å². The lowest BCUT2D eigenvalue weighted by molar-refractivity contribution is -0.574. The number of esters is 1. The minimum Gasteiger partial charge on any atom is -0.484 e. The Morgan fingerprint density at radius 2 is 1.52 bits per heavy atom. The highest BCUT2D eigenvalue weighted by Gasteiger charge is 2.57. The number of hydrogen-bond donors (Lipinski definition) is 0. The first-order valence-corrected chi connectivity index (χ1v) is 13.1. The molecule has 0 bridgehead atoms. The summed E-state index contributed by atoms with van der Waals surface area (Å²) in [6, 6.07) is 11.5. The fourth-order valence-electron chi connectivity index (χ4n) is 3.94. The SMILES string of the molecule is C=CC(=O)OCC(F)(F)OC(F)(F)OC(F)(F)OC(F)(F)COc1ccc2cc(-c3ccc(CCCCC)cc3C)oc2c1. The van der Waals surface area contributed by atoms with E-state index in [9.17, 15) is 39.9 Å². The Labute approximate surface area is 246 Å². The Kier molecular flexibility index (Phi) is 11.0. The molecule has 1 heterocycles. The Hall–Kier alpha value is -3.69. The highest BCUT2D eigenvalue weighted by molar-refractivity contribution is 5.84. The van der Waals surface area contributed by atoms with Crippen LogP contribution in [0.2, 0.25) is 0 Å². The molecule has 242 valence electrons. The van der Waals surface area contributed by atoms with Crippen LogP contribution < -0.4 is 4.74 Å². The summed E-state index contributed by atoms with van der Waals surface area (Å²) in [4.78, 5) is 10.8. The molecule has 0 unspecified atom stereocenters. The van der Waals surface area contributed by atoms with E-state index in [2.05, 4.69) is 32.5 Å². The van der Waals surface area contributed by atoms with E-state index in [-0.39, 0.29) is 11.3 Å². The second-order valence-electron chi connectivity index (χ2n) is 9.52. The molecular formula is C29H28F8O7. The topological polar surface area (TPSA) is 76.4 Å². The molecule has 7 nitrogen and oxygen atoms in total. The van der Waals surface area contributed by atoms with Gasteiger partial charge in [-0.05, 0) is 49.1 Å². The minimum atomic E-state index is -5.87. The van der Waals surface area contributed by atoms with Crippen molar-refractivity contribution in [2.75, 3.05) is 13.2 Å². The number of benzene rings is 2. The molecule has 0 spiro atoms. The maximum absolute atomic E-state index is 14.0. The van der Waals surface area contributed by atoms with Gasteiger partial charge in [-0.25, -0.2) is 19.0 Å². The van der Waals surface area contributed by atoms with Gasteiger partial charge in [-0.3, -0.25) is 0 Å². The monoisotopic (exact) mass is 640 g/mol. The molecule has 3 rings (SSSR count). The number of carbonyl (C=O) groups excluding carboxylic acids is 1. The van der Waals surface area contributed by atoms with E-state index < -0.39 is 44.0 Å². The summed E-state index contributed by atoms with van der Waals surface area (Å²) in [6.07, 6.45) is -17.1. The van der Waals surface area contributed by atoms with Gasteiger partial charge in [0.25, 0.3) is 0 Å². The smallest absolute Gasteiger partial charge is 0.484 e. The molecule has 0 atom stereocenters. The maximum Gasteiger partial charge on any atom is 0.496 e. The van der Waals surface area contributed by atoms with Crippen LogP contribution >= 0.6 is 0 Å². The average molecular weight is 641 g/mol. The van der Waals surface area contributed by atoms with E-state index in [0.29, 0.717) is 17.2 Å². The summed E-state index contributed by atoms with van der Waals surface area (Å²) >= 11 is 0. The molecule has 0 N–H and O–H groups in total. The van der Waals surface area contributed by atoms with Crippen LogP contribution in [0.4, 0.5) is 35.1 Å². The number of alkyl halides is 8. The van der Waals surface area contributed by atoms with Crippen LogP contribution in [0.1, 0.15) is 37.3 Å². The van der Waals surface area contributed by atoms with Crippen LogP contribution in [-0.4, -0.2) is 44.0 Å². The van der Waals surface area contributed by atoms with Crippen molar-refractivity contribution in [3.8, 4) is 17.1 Å². The normalized spacial score (nSPS) is 12.9. The van der Waals surface area contributed by atoms with E-state index in [1.165, 1.54) is 23.8 Å². The van der Waals surface area contributed by atoms with Crippen molar-refractivity contribution >= 4 is 16.9 Å². The summed E-state index contributed by atoms with van der Waals surface area (Å²) in [7, 11) is 0. The molecule has 15 heteroatoms. The van der Waals surface area contributed by atoms with Crippen molar-refractivity contribution in [1.29, 1.82) is 0 Å². The van der Waals surface area contributed by atoms with Crippen LogP contribution in [0.3, 0.4) is 0 Å². The van der Waals surface area contributed by atoms with E-state index >= 15 is 0 Å². The third kappa shape index (κ3) is 10.5. The first-order valence-electron chi connectivity index (χ1n) is 13.1. The highest BCUT2D eigenvalue weighted by atomic mass is 19.3. The first kappa shape index (κ1) is 34.8.